The molecule has 0 atom stereocenters. The first-order valence-corrected chi connectivity index (χ1v) is 5.37. The van der Waals surface area contributed by atoms with Gasteiger partial charge in [-0.2, -0.15) is 13.2 Å². The first-order chi connectivity index (χ1) is 8.77. The van der Waals surface area contributed by atoms with Crippen molar-refractivity contribution in [1.82, 2.24) is 0 Å². The van der Waals surface area contributed by atoms with Crippen molar-refractivity contribution in [2.45, 2.75) is 24.9 Å². The van der Waals surface area contributed by atoms with E-state index in [-0.39, 0.29) is 12.8 Å². The van der Waals surface area contributed by atoms with Crippen LogP contribution in [0, 0.1) is 5.82 Å². The minimum atomic E-state index is -4.67. The lowest BCUT2D eigenvalue weighted by Gasteiger charge is -2.23. The van der Waals surface area contributed by atoms with Gasteiger partial charge >= 0.3 is 18.1 Å². The summed E-state index contributed by atoms with van der Waals surface area (Å²) in [5, 5.41) is 0. The number of cyclic esters (lactones) is 2. The lowest BCUT2D eigenvalue weighted by molar-refractivity contribution is -0.164. The van der Waals surface area contributed by atoms with Gasteiger partial charge in [-0.15, -0.1) is 0 Å². The number of ether oxygens (including phenoxy) is 1. The van der Waals surface area contributed by atoms with Gasteiger partial charge in [-0.3, -0.25) is 9.59 Å². The van der Waals surface area contributed by atoms with E-state index in [9.17, 15) is 27.2 Å². The third kappa shape index (κ3) is 2.91. The third-order valence-electron chi connectivity index (χ3n) is 2.81. The highest BCUT2D eigenvalue weighted by Gasteiger charge is 2.38. The molecule has 0 unspecified atom stereocenters. The second kappa shape index (κ2) is 4.64. The predicted molar refractivity (Wildman–Crippen MR) is 54.5 cm³/mol. The molecule has 0 aromatic heterocycles. The molecule has 1 heterocycles. The Bertz CT molecular complexity index is 520. The minimum absolute atomic E-state index is 0.377. The molecule has 0 amide bonds. The molecule has 0 saturated carbocycles. The van der Waals surface area contributed by atoms with E-state index >= 15 is 0 Å². The predicted octanol–water partition coefficient (Wildman–Crippen LogP) is 2.79. The maximum absolute atomic E-state index is 13.1. The van der Waals surface area contributed by atoms with Crippen LogP contribution in [-0.4, -0.2) is 11.9 Å². The van der Waals surface area contributed by atoms with Gasteiger partial charge in [0.1, 0.15) is 5.82 Å². The van der Waals surface area contributed by atoms with Crippen LogP contribution in [0.2, 0.25) is 0 Å². The summed E-state index contributed by atoms with van der Waals surface area (Å²) in [5.74, 6) is -3.67. The van der Waals surface area contributed by atoms with Crippen LogP contribution < -0.4 is 0 Å². The number of carbonyl (C=O) groups excluding carboxylic acids is 2. The highest BCUT2D eigenvalue weighted by Crippen LogP contribution is 2.39. The van der Waals surface area contributed by atoms with Crippen LogP contribution in [0.4, 0.5) is 17.6 Å². The maximum atomic E-state index is 13.1. The summed E-state index contributed by atoms with van der Waals surface area (Å²) >= 11 is 0. The molecule has 0 radical (unpaired) electrons. The average Bonchev–Trinajstić information content (AvgIpc) is 2.25. The van der Waals surface area contributed by atoms with E-state index in [4.69, 9.17) is 0 Å². The van der Waals surface area contributed by atoms with Crippen molar-refractivity contribution >= 4 is 11.9 Å². The molecule has 1 fully saturated rings. The topological polar surface area (TPSA) is 43.4 Å². The van der Waals surface area contributed by atoms with Crippen LogP contribution in [0.1, 0.15) is 29.9 Å². The van der Waals surface area contributed by atoms with Crippen LogP contribution in [0.3, 0.4) is 0 Å². The number of hydrogen-bond acceptors (Lipinski definition) is 3. The Labute approximate surface area is 105 Å². The summed E-state index contributed by atoms with van der Waals surface area (Å²) in [6.07, 6.45) is -5.43. The SMILES string of the molecule is O=C1CC(c2cc(F)ccc2C(F)(F)F)CC(=O)O1. The Balaban J connectivity index is 2.45. The molecule has 1 aliphatic heterocycles. The van der Waals surface area contributed by atoms with Gasteiger partial charge in [-0.05, 0) is 23.8 Å². The van der Waals surface area contributed by atoms with Gasteiger partial charge in [0, 0.05) is 5.92 Å². The van der Waals surface area contributed by atoms with Crippen LogP contribution >= 0.6 is 0 Å². The highest BCUT2D eigenvalue weighted by atomic mass is 19.4. The Morgan fingerprint density at radius 3 is 2.21 bits per heavy atom. The summed E-state index contributed by atoms with van der Waals surface area (Å²) in [6, 6.07) is 2.00. The fraction of sp³-hybridized carbons (Fsp3) is 0.333. The summed E-state index contributed by atoms with van der Waals surface area (Å²) in [5.41, 5.74) is -1.43. The molecule has 0 spiro atoms. The molecule has 0 bridgehead atoms. The second-order valence-electron chi connectivity index (χ2n) is 4.18. The smallest absolute Gasteiger partial charge is 0.393 e. The van der Waals surface area contributed by atoms with E-state index in [1.807, 2.05) is 0 Å². The van der Waals surface area contributed by atoms with Crippen molar-refractivity contribution in [3.05, 3.63) is 35.1 Å². The Morgan fingerprint density at radius 2 is 1.68 bits per heavy atom. The highest BCUT2D eigenvalue weighted by molar-refractivity contribution is 5.89. The van der Waals surface area contributed by atoms with Crippen molar-refractivity contribution in [1.29, 1.82) is 0 Å². The van der Waals surface area contributed by atoms with Crippen molar-refractivity contribution in [2.24, 2.45) is 0 Å². The zero-order valence-electron chi connectivity index (χ0n) is 9.46. The minimum Gasteiger partial charge on any atom is -0.393 e. The fourth-order valence-electron chi connectivity index (χ4n) is 2.03. The van der Waals surface area contributed by atoms with E-state index in [2.05, 4.69) is 4.74 Å². The maximum Gasteiger partial charge on any atom is 0.416 e. The van der Waals surface area contributed by atoms with Crippen molar-refractivity contribution < 1.29 is 31.9 Å². The molecule has 19 heavy (non-hydrogen) atoms. The summed E-state index contributed by atoms with van der Waals surface area (Å²) in [4.78, 5) is 22.2. The largest absolute Gasteiger partial charge is 0.416 e. The molecule has 1 aromatic rings. The molecular formula is C12H8F4O3. The lowest BCUT2D eigenvalue weighted by Crippen LogP contribution is -2.26. The normalized spacial score (nSPS) is 17.5. The molecule has 102 valence electrons. The number of carbonyl (C=O) groups is 2. The number of benzene rings is 1. The first kappa shape index (κ1) is 13.5. The van der Waals surface area contributed by atoms with Crippen molar-refractivity contribution in [2.75, 3.05) is 0 Å². The van der Waals surface area contributed by atoms with Gasteiger partial charge in [-0.25, -0.2) is 4.39 Å². The number of rotatable bonds is 1. The number of alkyl halides is 3. The number of esters is 2. The lowest BCUT2D eigenvalue weighted by atomic mass is 9.87. The molecular weight excluding hydrogens is 268 g/mol. The second-order valence-corrected chi connectivity index (χ2v) is 4.18. The van der Waals surface area contributed by atoms with Gasteiger partial charge in [0.2, 0.25) is 0 Å². The van der Waals surface area contributed by atoms with Crippen LogP contribution in [0.5, 0.6) is 0 Å². The number of hydrogen-bond donors (Lipinski definition) is 0. The summed E-state index contributed by atoms with van der Waals surface area (Å²) < 4.78 is 55.8. The molecule has 0 N–H and O–H groups in total. The van der Waals surface area contributed by atoms with Crippen molar-refractivity contribution in [3.8, 4) is 0 Å². The fourth-order valence-corrected chi connectivity index (χ4v) is 2.03. The first-order valence-electron chi connectivity index (χ1n) is 5.37. The Hall–Kier alpha value is -1.92. The van der Waals surface area contributed by atoms with E-state index < -0.39 is 41.0 Å². The van der Waals surface area contributed by atoms with Crippen LogP contribution in [-0.2, 0) is 20.5 Å². The van der Waals surface area contributed by atoms with E-state index in [0.717, 1.165) is 0 Å². The molecule has 1 aromatic carbocycles. The van der Waals surface area contributed by atoms with Crippen LogP contribution in [0.15, 0.2) is 18.2 Å². The zero-order valence-corrected chi connectivity index (χ0v) is 9.46. The quantitative estimate of drug-likeness (QED) is 0.450. The molecule has 2 rings (SSSR count). The van der Waals surface area contributed by atoms with Gasteiger partial charge in [0.25, 0.3) is 0 Å². The van der Waals surface area contributed by atoms with Gasteiger partial charge in [0.05, 0.1) is 18.4 Å². The van der Waals surface area contributed by atoms with E-state index in [0.29, 0.717) is 18.2 Å². The van der Waals surface area contributed by atoms with Gasteiger partial charge in [-0.1, -0.05) is 0 Å². The average molecular weight is 276 g/mol. The number of halogens is 4. The Morgan fingerprint density at radius 1 is 1.11 bits per heavy atom. The molecule has 3 nitrogen and oxygen atoms in total. The van der Waals surface area contributed by atoms with Crippen molar-refractivity contribution in [3.63, 3.8) is 0 Å². The third-order valence-corrected chi connectivity index (χ3v) is 2.81. The zero-order chi connectivity index (χ0) is 14.2. The molecule has 0 aliphatic carbocycles. The van der Waals surface area contributed by atoms with Gasteiger partial charge < -0.3 is 4.74 Å². The standard InChI is InChI=1S/C12H8F4O3/c13-7-1-2-9(12(14,15)16)8(5-7)6-3-10(17)19-11(18)4-6/h1-2,5-6H,3-4H2. The molecule has 1 saturated heterocycles. The summed E-state index contributed by atoms with van der Waals surface area (Å²) in [7, 11) is 0. The molecule has 7 heteroatoms. The molecule has 1 aliphatic rings. The van der Waals surface area contributed by atoms with Crippen LogP contribution in [0.25, 0.3) is 0 Å². The van der Waals surface area contributed by atoms with Gasteiger partial charge in [0.15, 0.2) is 0 Å². The van der Waals surface area contributed by atoms with E-state index in [1.54, 1.807) is 0 Å². The Kier molecular flexibility index (Phi) is 3.30. The summed E-state index contributed by atoms with van der Waals surface area (Å²) in [6.45, 7) is 0. The monoisotopic (exact) mass is 276 g/mol. The van der Waals surface area contributed by atoms with E-state index in [1.165, 1.54) is 0 Å².